The van der Waals surface area contributed by atoms with Crippen molar-refractivity contribution in [3.05, 3.63) is 52.4 Å². The molecule has 0 spiro atoms. The van der Waals surface area contributed by atoms with Gasteiger partial charge in [-0.2, -0.15) is 0 Å². The summed E-state index contributed by atoms with van der Waals surface area (Å²) < 4.78 is 10.4. The Labute approximate surface area is 174 Å². The highest BCUT2D eigenvalue weighted by Gasteiger charge is 2.30. The van der Waals surface area contributed by atoms with E-state index in [4.69, 9.17) is 9.47 Å². The average Bonchev–Trinajstić information content (AvgIpc) is 2.69. The van der Waals surface area contributed by atoms with Crippen LogP contribution in [0.15, 0.2) is 35.5 Å². The second kappa shape index (κ2) is 8.94. The smallest absolute Gasteiger partial charge is 0.338 e. The molecule has 1 aromatic carbocycles. The number of amides is 2. The van der Waals surface area contributed by atoms with Gasteiger partial charge in [-0.1, -0.05) is 18.2 Å². The molecule has 0 saturated heterocycles. The number of pyridine rings is 1. The van der Waals surface area contributed by atoms with Gasteiger partial charge in [-0.05, 0) is 44.9 Å². The number of benzene rings is 1. The minimum absolute atomic E-state index is 0.0409. The van der Waals surface area contributed by atoms with Crippen molar-refractivity contribution < 1.29 is 23.9 Å². The number of nitrogens with one attached hydrogen (secondary N) is 2. The largest absolute Gasteiger partial charge is 0.463 e. The van der Waals surface area contributed by atoms with Crippen LogP contribution in [-0.4, -0.2) is 42.2 Å². The number of hydrogen-bond acceptors (Lipinski definition) is 6. The molecular weight excluding hydrogens is 386 g/mol. The number of aromatic nitrogens is 1. The number of para-hydroxylation sites is 1. The van der Waals surface area contributed by atoms with Crippen LogP contribution >= 0.6 is 0 Å². The summed E-state index contributed by atoms with van der Waals surface area (Å²) in [6.07, 6.45) is 0.0409. The predicted molar refractivity (Wildman–Crippen MR) is 111 cm³/mol. The van der Waals surface area contributed by atoms with Gasteiger partial charge in [-0.3, -0.25) is 9.78 Å². The fourth-order valence-corrected chi connectivity index (χ4v) is 3.57. The minimum atomic E-state index is -0.561. The summed E-state index contributed by atoms with van der Waals surface area (Å²) >= 11 is 0. The summed E-state index contributed by atoms with van der Waals surface area (Å²) in [7, 11) is 0. The van der Waals surface area contributed by atoms with Crippen molar-refractivity contribution in [2.45, 2.75) is 40.2 Å². The molecule has 2 heterocycles. The molecule has 1 aromatic heterocycles. The molecule has 1 unspecified atom stereocenters. The molecule has 0 saturated carbocycles. The van der Waals surface area contributed by atoms with Gasteiger partial charge in [0.05, 0.1) is 35.9 Å². The van der Waals surface area contributed by atoms with Crippen molar-refractivity contribution in [3.63, 3.8) is 0 Å². The number of hydrogen-bond donors (Lipinski definition) is 2. The number of ether oxygens (including phenoxy) is 2. The molecule has 3 rings (SSSR count). The topological polar surface area (TPSA) is 107 Å². The average molecular weight is 411 g/mol. The van der Waals surface area contributed by atoms with Gasteiger partial charge in [-0.25, -0.2) is 9.59 Å². The van der Waals surface area contributed by atoms with E-state index in [1.807, 2.05) is 38.1 Å². The lowest BCUT2D eigenvalue weighted by Gasteiger charge is -2.26. The van der Waals surface area contributed by atoms with Gasteiger partial charge in [0.25, 0.3) is 0 Å². The van der Waals surface area contributed by atoms with Crippen LogP contribution in [0.5, 0.6) is 0 Å². The molecule has 2 aromatic rings. The summed E-state index contributed by atoms with van der Waals surface area (Å²) in [5.41, 5.74) is 3.89. The van der Waals surface area contributed by atoms with E-state index in [-0.39, 0.29) is 30.9 Å². The first-order chi connectivity index (χ1) is 14.3. The van der Waals surface area contributed by atoms with Crippen molar-refractivity contribution in [2.24, 2.45) is 0 Å². The predicted octanol–water partition coefficient (Wildman–Crippen LogP) is 2.46. The summed E-state index contributed by atoms with van der Waals surface area (Å²) in [6.45, 7) is 7.14. The van der Waals surface area contributed by atoms with Crippen LogP contribution in [0.1, 0.15) is 30.7 Å². The van der Waals surface area contributed by atoms with Gasteiger partial charge in [0, 0.05) is 11.1 Å². The quantitative estimate of drug-likeness (QED) is 0.707. The first-order valence-electron chi connectivity index (χ1n) is 9.80. The van der Waals surface area contributed by atoms with Crippen LogP contribution in [-0.2, 0) is 25.5 Å². The Balaban J connectivity index is 1.78. The third-order valence-corrected chi connectivity index (χ3v) is 5.05. The lowest BCUT2D eigenvalue weighted by atomic mass is 9.99. The molecule has 8 heteroatoms. The molecule has 158 valence electrons. The van der Waals surface area contributed by atoms with Crippen LogP contribution in [0.3, 0.4) is 0 Å². The van der Waals surface area contributed by atoms with E-state index in [9.17, 15) is 14.4 Å². The van der Waals surface area contributed by atoms with Crippen molar-refractivity contribution in [1.82, 2.24) is 15.6 Å². The maximum absolute atomic E-state index is 12.5. The lowest BCUT2D eigenvalue weighted by Crippen LogP contribution is -2.50. The van der Waals surface area contributed by atoms with Crippen molar-refractivity contribution in [2.75, 3.05) is 13.2 Å². The lowest BCUT2D eigenvalue weighted by molar-refractivity contribution is -0.143. The van der Waals surface area contributed by atoms with E-state index >= 15 is 0 Å². The maximum atomic E-state index is 12.5. The maximum Gasteiger partial charge on any atom is 0.338 e. The van der Waals surface area contributed by atoms with E-state index < -0.39 is 24.0 Å². The summed E-state index contributed by atoms with van der Waals surface area (Å²) in [5, 5.41) is 6.13. The van der Waals surface area contributed by atoms with Gasteiger partial charge in [0.15, 0.2) is 0 Å². The molecule has 0 bridgehead atoms. The highest BCUT2D eigenvalue weighted by atomic mass is 16.5. The normalized spacial score (nSPS) is 16.1. The molecule has 30 heavy (non-hydrogen) atoms. The molecule has 1 aliphatic rings. The van der Waals surface area contributed by atoms with E-state index in [2.05, 4.69) is 15.6 Å². The molecule has 2 N–H and O–H groups in total. The van der Waals surface area contributed by atoms with Gasteiger partial charge in [0.1, 0.15) is 6.61 Å². The van der Waals surface area contributed by atoms with Gasteiger partial charge < -0.3 is 20.1 Å². The van der Waals surface area contributed by atoms with Crippen molar-refractivity contribution in [3.8, 4) is 0 Å². The number of esters is 2. The van der Waals surface area contributed by atoms with Gasteiger partial charge in [0.2, 0.25) is 0 Å². The second-order valence-corrected chi connectivity index (χ2v) is 7.09. The van der Waals surface area contributed by atoms with E-state index in [1.165, 1.54) is 0 Å². The molecule has 2 amide bonds. The Kier molecular flexibility index (Phi) is 6.34. The first kappa shape index (κ1) is 21.3. The molecule has 0 aliphatic carbocycles. The number of carbonyl (C=O) groups is 3. The minimum Gasteiger partial charge on any atom is -0.463 e. The van der Waals surface area contributed by atoms with Crippen molar-refractivity contribution >= 4 is 28.9 Å². The van der Waals surface area contributed by atoms with Crippen LogP contribution in [0.2, 0.25) is 0 Å². The van der Waals surface area contributed by atoms with Crippen LogP contribution < -0.4 is 10.6 Å². The zero-order chi connectivity index (χ0) is 21.8. The number of urea groups is 1. The summed E-state index contributed by atoms with van der Waals surface area (Å²) in [4.78, 5) is 41.2. The SMILES string of the molecule is CCOC(=O)C1=C(COC(=O)Cc2c(C)nc3ccccc3c2C)NC(=O)NC1C. The van der Waals surface area contributed by atoms with Crippen LogP contribution in [0.4, 0.5) is 4.79 Å². The van der Waals surface area contributed by atoms with Crippen molar-refractivity contribution in [1.29, 1.82) is 0 Å². The Hall–Kier alpha value is -3.42. The monoisotopic (exact) mass is 411 g/mol. The Morgan fingerprint density at radius 3 is 2.63 bits per heavy atom. The Morgan fingerprint density at radius 2 is 1.90 bits per heavy atom. The molecule has 1 atom stereocenters. The van der Waals surface area contributed by atoms with Crippen LogP contribution in [0, 0.1) is 13.8 Å². The second-order valence-electron chi connectivity index (χ2n) is 7.09. The zero-order valence-electron chi connectivity index (χ0n) is 17.5. The number of fused-ring (bicyclic) bond motifs is 1. The third-order valence-electron chi connectivity index (χ3n) is 5.05. The molecule has 0 radical (unpaired) electrons. The van der Waals surface area contributed by atoms with E-state index in [1.54, 1.807) is 13.8 Å². The third kappa shape index (κ3) is 4.42. The fraction of sp³-hybridized carbons (Fsp3) is 0.364. The van der Waals surface area contributed by atoms with E-state index in [0.29, 0.717) is 0 Å². The Bertz CT molecular complexity index is 1040. The molecule has 0 fully saturated rings. The number of nitrogens with zero attached hydrogens (tertiary/aromatic N) is 1. The highest BCUT2D eigenvalue weighted by Crippen LogP contribution is 2.23. The molecule has 1 aliphatic heterocycles. The number of aryl methyl sites for hydroxylation is 2. The molecule has 8 nitrogen and oxygen atoms in total. The Morgan fingerprint density at radius 1 is 1.17 bits per heavy atom. The number of carbonyl (C=O) groups excluding carboxylic acids is 3. The highest BCUT2D eigenvalue weighted by molar-refractivity contribution is 5.94. The number of rotatable bonds is 6. The standard InChI is InChI=1S/C22H25N3O5/c1-5-29-21(27)20-14(4)24-22(28)25-18(20)11-30-19(26)10-16-12(2)15-8-6-7-9-17(15)23-13(16)3/h6-9,14H,5,10-11H2,1-4H3,(H2,24,25,28). The molecular formula is C22H25N3O5. The van der Waals surface area contributed by atoms with Crippen LogP contribution in [0.25, 0.3) is 10.9 Å². The summed E-state index contributed by atoms with van der Waals surface area (Å²) in [6, 6.07) is 6.73. The van der Waals surface area contributed by atoms with Gasteiger partial charge in [-0.15, -0.1) is 0 Å². The summed E-state index contributed by atoms with van der Waals surface area (Å²) in [5.74, 6) is -1.04. The first-order valence-corrected chi connectivity index (χ1v) is 9.80. The van der Waals surface area contributed by atoms with E-state index in [0.717, 1.165) is 27.7 Å². The van der Waals surface area contributed by atoms with Gasteiger partial charge >= 0.3 is 18.0 Å². The zero-order valence-corrected chi connectivity index (χ0v) is 17.5. The fourth-order valence-electron chi connectivity index (χ4n) is 3.57.